The lowest BCUT2D eigenvalue weighted by Crippen LogP contribution is -2.37. The molecule has 2 N–H and O–H groups in total. The maximum absolute atomic E-state index is 13.3. The first-order valence-corrected chi connectivity index (χ1v) is 9.08. The highest BCUT2D eigenvalue weighted by atomic mass is 32.1. The van der Waals surface area contributed by atoms with E-state index in [-0.39, 0.29) is 11.6 Å². The van der Waals surface area contributed by atoms with E-state index < -0.39 is 17.5 Å². The van der Waals surface area contributed by atoms with E-state index in [9.17, 15) is 13.6 Å². The topological polar surface area (TPSA) is 61.0 Å². The van der Waals surface area contributed by atoms with Gasteiger partial charge in [0.15, 0.2) is 17.5 Å². The maximum Gasteiger partial charge on any atom is 0.251 e. The summed E-state index contributed by atoms with van der Waals surface area (Å²) in [5.74, 6) is -1.56. The van der Waals surface area contributed by atoms with Crippen LogP contribution in [0.5, 0.6) is 0 Å². The highest BCUT2D eigenvalue weighted by Gasteiger charge is 2.26. The number of thiophene rings is 1. The van der Waals surface area contributed by atoms with Gasteiger partial charge in [-0.15, -0.1) is 11.3 Å². The van der Waals surface area contributed by atoms with Gasteiger partial charge in [-0.05, 0) is 36.1 Å². The second-order valence-electron chi connectivity index (χ2n) is 6.15. The molecule has 1 atom stereocenters. The van der Waals surface area contributed by atoms with Crippen molar-refractivity contribution in [3.63, 3.8) is 0 Å². The van der Waals surface area contributed by atoms with Crippen LogP contribution < -0.4 is 10.2 Å². The Kier molecular flexibility index (Phi) is 4.42. The van der Waals surface area contributed by atoms with Gasteiger partial charge in [-0.2, -0.15) is 5.10 Å². The average Bonchev–Trinajstić information content (AvgIpc) is 3.37. The number of nitrogens with zero attached hydrogens (tertiary/aromatic N) is 2. The van der Waals surface area contributed by atoms with Gasteiger partial charge in [0, 0.05) is 30.8 Å². The monoisotopic (exact) mass is 374 g/mol. The normalized spacial score (nSPS) is 16.8. The van der Waals surface area contributed by atoms with Crippen molar-refractivity contribution in [2.75, 3.05) is 18.0 Å². The molecule has 134 valence electrons. The van der Waals surface area contributed by atoms with Gasteiger partial charge in [0.2, 0.25) is 0 Å². The Hall–Kier alpha value is -2.74. The molecule has 1 amide bonds. The van der Waals surface area contributed by atoms with Crippen molar-refractivity contribution in [1.29, 1.82) is 0 Å². The number of rotatable bonds is 4. The van der Waals surface area contributed by atoms with Gasteiger partial charge in [0.25, 0.3) is 5.91 Å². The van der Waals surface area contributed by atoms with Gasteiger partial charge in [0.05, 0.1) is 10.6 Å². The second kappa shape index (κ2) is 6.87. The molecule has 3 heterocycles. The Labute approximate surface area is 152 Å². The minimum Gasteiger partial charge on any atom is -0.353 e. The predicted octanol–water partition coefficient (Wildman–Crippen LogP) is 3.43. The van der Waals surface area contributed by atoms with E-state index in [1.54, 1.807) is 11.3 Å². The Balaban J connectivity index is 1.39. The standard InChI is InChI=1S/C18H16F2N4OS/c19-13-4-3-11(8-14(13)20)18(25)21-12-5-6-24(10-12)17-9-15(22-23-17)16-2-1-7-26-16/h1-4,7-9,12H,5-6,10H2,(H,21,25)(H,22,23)/t12-/m1/s1. The molecule has 0 bridgehead atoms. The van der Waals surface area contributed by atoms with Crippen LogP contribution in [0.3, 0.4) is 0 Å². The molecule has 1 aliphatic rings. The lowest BCUT2D eigenvalue weighted by molar-refractivity contribution is 0.0940. The number of amides is 1. The van der Waals surface area contributed by atoms with Crippen LogP contribution in [-0.2, 0) is 0 Å². The van der Waals surface area contributed by atoms with E-state index in [2.05, 4.69) is 20.4 Å². The third-order valence-corrected chi connectivity index (χ3v) is 5.28. The van der Waals surface area contributed by atoms with Crippen LogP contribution in [0.25, 0.3) is 10.6 Å². The number of aromatic amines is 1. The zero-order valence-corrected chi connectivity index (χ0v) is 14.5. The fourth-order valence-electron chi connectivity index (χ4n) is 3.02. The third kappa shape index (κ3) is 3.32. The van der Waals surface area contributed by atoms with Crippen LogP contribution in [0.1, 0.15) is 16.8 Å². The number of halogens is 2. The quantitative estimate of drug-likeness (QED) is 0.736. The molecule has 1 aliphatic heterocycles. The van der Waals surface area contributed by atoms with Gasteiger partial charge in [-0.25, -0.2) is 8.78 Å². The van der Waals surface area contributed by atoms with Gasteiger partial charge in [-0.3, -0.25) is 9.89 Å². The lowest BCUT2D eigenvalue weighted by atomic mass is 10.1. The summed E-state index contributed by atoms with van der Waals surface area (Å²) in [7, 11) is 0. The van der Waals surface area contributed by atoms with Crippen molar-refractivity contribution in [1.82, 2.24) is 15.5 Å². The van der Waals surface area contributed by atoms with Crippen molar-refractivity contribution in [3.05, 3.63) is 59.0 Å². The van der Waals surface area contributed by atoms with Crippen LogP contribution in [0.15, 0.2) is 41.8 Å². The Morgan fingerprint density at radius 2 is 2.15 bits per heavy atom. The van der Waals surface area contributed by atoms with E-state index in [0.29, 0.717) is 6.54 Å². The molecule has 26 heavy (non-hydrogen) atoms. The second-order valence-corrected chi connectivity index (χ2v) is 7.10. The number of H-pyrrole nitrogens is 1. The van der Waals surface area contributed by atoms with Crippen LogP contribution in [-0.4, -0.2) is 35.2 Å². The molecule has 2 aromatic heterocycles. The van der Waals surface area contributed by atoms with Crippen molar-refractivity contribution in [3.8, 4) is 10.6 Å². The Bertz CT molecular complexity index is 925. The molecule has 1 fully saturated rings. The SMILES string of the molecule is O=C(N[C@@H]1CCN(c2cc(-c3cccs3)[nH]n2)C1)c1ccc(F)c(F)c1. The number of hydrogen-bond acceptors (Lipinski definition) is 4. The lowest BCUT2D eigenvalue weighted by Gasteiger charge is -2.16. The first-order valence-electron chi connectivity index (χ1n) is 8.20. The Morgan fingerprint density at radius 1 is 1.27 bits per heavy atom. The van der Waals surface area contributed by atoms with Gasteiger partial charge in [-0.1, -0.05) is 6.07 Å². The zero-order valence-electron chi connectivity index (χ0n) is 13.7. The van der Waals surface area contributed by atoms with Crippen molar-refractivity contribution < 1.29 is 13.6 Å². The average molecular weight is 374 g/mol. The number of benzene rings is 1. The fourth-order valence-corrected chi connectivity index (χ4v) is 3.72. The minimum absolute atomic E-state index is 0.0718. The van der Waals surface area contributed by atoms with Gasteiger partial charge in [0.1, 0.15) is 0 Å². The third-order valence-electron chi connectivity index (χ3n) is 4.38. The number of hydrogen-bond donors (Lipinski definition) is 2. The van der Waals surface area contributed by atoms with Gasteiger partial charge >= 0.3 is 0 Å². The molecule has 8 heteroatoms. The molecule has 0 spiro atoms. The smallest absolute Gasteiger partial charge is 0.251 e. The summed E-state index contributed by atoms with van der Waals surface area (Å²) in [6.45, 7) is 1.38. The van der Waals surface area contributed by atoms with E-state index in [0.717, 1.165) is 41.5 Å². The molecule has 4 rings (SSSR count). The molecule has 3 aromatic rings. The van der Waals surface area contributed by atoms with Crippen LogP contribution in [0, 0.1) is 11.6 Å². The van der Waals surface area contributed by atoms with E-state index in [4.69, 9.17) is 0 Å². The van der Waals surface area contributed by atoms with E-state index in [1.807, 2.05) is 23.6 Å². The summed E-state index contributed by atoms with van der Waals surface area (Å²) in [6, 6.07) is 9.08. The zero-order chi connectivity index (χ0) is 18.1. The number of nitrogens with one attached hydrogen (secondary N) is 2. The Morgan fingerprint density at radius 3 is 2.92 bits per heavy atom. The molecule has 0 aliphatic carbocycles. The van der Waals surface area contributed by atoms with Gasteiger partial charge < -0.3 is 10.2 Å². The molecule has 0 unspecified atom stereocenters. The van der Waals surface area contributed by atoms with E-state index in [1.165, 1.54) is 6.07 Å². The first kappa shape index (κ1) is 16.7. The summed E-state index contributed by atoms with van der Waals surface area (Å²) < 4.78 is 26.3. The fraction of sp³-hybridized carbons (Fsp3) is 0.222. The summed E-state index contributed by atoms with van der Waals surface area (Å²) in [5, 5.41) is 12.3. The first-order chi connectivity index (χ1) is 12.6. The molecule has 1 aromatic carbocycles. The van der Waals surface area contributed by atoms with Crippen LogP contribution in [0.2, 0.25) is 0 Å². The number of aromatic nitrogens is 2. The highest BCUT2D eigenvalue weighted by Crippen LogP contribution is 2.27. The molecule has 0 radical (unpaired) electrons. The van der Waals surface area contributed by atoms with E-state index >= 15 is 0 Å². The number of carbonyl (C=O) groups excluding carboxylic acids is 1. The molecule has 0 saturated carbocycles. The predicted molar refractivity (Wildman–Crippen MR) is 96.3 cm³/mol. The maximum atomic E-state index is 13.3. The molecular formula is C18H16F2N4OS. The van der Waals surface area contributed by atoms with Crippen LogP contribution in [0.4, 0.5) is 14.6 Å². The summed E-state index contributed by atoms with van der Waals surface area (Å²) in [4.78, 5) is 15.4. The number of anilines is 1. The largest absolute Gasteiger partial charge is 0.353 e. The van der Waals surface area contributed by atoms with Crippen LogP contribution >= 0.6 is 11.3 Å². The number of carbonyl (C=O) groups is 1. The highest BCUT2D eigenvalue weighted by molar-refractivity contribution is 7.13. The summed E-state index contributed by atoms with van der Waals surface area (Å²) in [5.41, 5.74) is 1.08. The van der Waals surface area contributed by atoms with Crippen molar-refractivity contribution in [2.24, 2.45) is 0 Å². The summed E-state index contributed by atoms with van der Waals surface area (Å²) >= 11 is 1.64. The van der Waals surface area contributed by atoms with Crippen molar-refractivity contribution in [2.45, 2.75) is 12.5 Å². The minimum atomic E-state index is -1.02. The molecule has 5 nitrogen and oxygen atoms in total. The molecular weight excluding hydrogens is 358 g/mol. The molecule has 1 saturated heterocycles. The summed E-state index contributed by atoms with van der Waals surface area (Å²) in [6.07, 6.45) is 0.761. The van der Waals surface area contributed by atoms with Crippen molar-refractivity contribution >= 4 is 23.1 Å².